The molecular formula is C11H10ClFN2. The second kappa shape index (κ2) is 4.36. The summed E-state index contributed by atoms with van der Waals surface area (Å²) in [5, 5.41) is 0.439. The molecule has 1 aromatic heterocycles. The SMILES string of the molecule is Fc1ccc(CNn2cccc2)c(Cl)c1. The predicted molar refractivity (Wildman–Crippen MR) is 58.9 cm³/mol. The highest BCUT2D eigenvalue weighted by atomic mass is 35.5. The van der Waals surface area contributed by atoms with Gasteiger partial charge in [-0.05, 0) is 29.8 Å². The van der Waals surface area contributed by atoms with Crippen molar-refractivity contribution in [1.29, 1.82) is 0 Å². The van der Waals surface area contributed by atoms with Gasteiger partial charge in [0.1, 0.15) is 5.82 Å². The van der Waals surface area contributed by atoms with Crippen LogP contribution in [0.3, 0.4) is 0 Å². The molecule has 1 heterocycles. The van der Waals surface area contributed by atoms with E-state index in [1.165, 1.54) is 12.1 Å². The van der Waals surface area contributed by atoms with Crippen molar-refractivity contribution < 1.29 is 4.39 Å². The summed E-state index contributed by atoms with van der Waals surface area (Å²) in [6.07, 6.45) is 3.77. The Labute approximate surface area is 92.3 Å². The van der Waals surface area contributed by atoms with E-state index >= 15 is 0 Å². The van der Waals surface area contributed by atoms with Gasteiger partial charge in [-0.3, -0.25) is 4.68 Å². The molecule has 0 amide bonds. The minimum atomic E-state index is -0.315. The summed E-state index contributed by atoms with van der Waals surface area (Å²) in [6, 6.07) is 8.22. The van der Waals surface area contributed by atoms with Gasteiger partial charge in [0.2, 0.25) is 0 Å². The first-order valence-electron chi connectivity index (χ1n) is 4.56. The summed E-state index contributed by atoms with van der Waals surface area (Å²) < 4.78 is 14.6. The van der Waals surface area contributed by atoms with Crippen molar-refractivity contribution in [1.82, 2.24) is 4.68 Å². The Kier molecular flexibility index (Phi) is 2.92. The monoisotopic (exact) mass is 224 g/mol. The molecule has 2 nitrogen and oxygen atoms in total. The van der Waals surface area contributed by atoms with Crippen LogP contribution in [0, 0.1) is 5.82 Å². The molecule has 78 valence electrons. The molecule has 2 aromatic rings. The van der Waals surface area contributed by atoms with Crippen molar-refractivity contribution in [2.75, 3.05) is 5.43 Å². The van der Waals surface area contributed by atoms with Gasteiger partial charge in [0, 0.05) is 17.4 Å². The maximum atomic E-state index is 12.8. The average Bonchev–Trinajstić information content (AvgIpc) is 2.69. The highest BCUT2D eigenvalue weighted by molar-refractivity contribution is 6.31. The van der Waals surface area contributed by atoms with Gasteiger partial charge in [0.15, 0.2) is 0 Å². The van der Waals surface area contributed by atoms with Gasteiger partial charge in [-0.25, -0.2) is 4.39 Å². The van der Waals surface area contributed by atoms with Gasteiger partial charge >= 0.3 is 0 Å². The Hall–Kier alpha value is -1.48. The van der Waals surface area contributed by atoms with Crippen LogP contribution in [0.15, 0.2) is 42.7 Å². The maximum absolute atomic E-state index is 12.8. The molecule has 0 saturated carbocycles. The minimum absolute atomic E-state index is 0.315. The van der Waals surface area contributed by atoms with E-state index in [9.17, 15) is 4.39 Å². The maximum Gasteiger partial charge on any atom is 0.124 e. The Morgan fingerprint density at radius 1 is 1.27 bits per heavy atom. The Bertz CT molecular complexity index is 440. The number of hydrogen-bond donors (Lipinski definition) is 1. The van der Waals surface area contributed by atoms with Gasteiger partial charge in [-0.1, -0.05) is 17.7 Å². The van der Waals surface area contributed by atoms with E-state index in [1.54, 1.807) is 6.07 Å². The fourth-order valence-electron chi connectivity index (χ4n) is 1.28. The molecule has 0 radical (unpaired) electrons. The van der Waals surface area contributed by atoms with Gasteiger partial charge in [-0.2, -0.15) is 0 Å². The highest BCUT2D eigenvalue weighted by Crippen LogP contribution is 2.17. The lowest BCUT2D eigenvalue weighted by Gasteiger charge is -2.08. The van der Waals surface area contributed by atoms with Crippen LogP contribution >= 0.6 is 11.6 Å². The van der Waals surface area contributed by atoms with Crippen molar-refractivity contribution in [3.8, 4) is 0 Å². The van der Waals surface area contributed by atoms with Gasteiger partial charge in [-0.15, -0.1) is 0 Å². The molecule has 1 aromatic carbocycles. The molecule has 0 bridgehead atoms. The first-order valence-corrected chi connectivity index (χ1v) is 4.94. The predicted octanol–water partition coefficient (Wildman–Crippen LogP) is 3.02. The molecule has 0 aliphatic heterocycles. The number of aromatic nitrogens is 1. The number of hydrogen-bond acceptors (Lipinski definition) is 1. The molecule has 15 heavy (non-hydrogen) atoms. The van der Waals surface area contributed by atoms with Crippen molar-refractivity contribution in [3.05, 3.63) is 59.1 Å². The highest BCUT2D eigenvalue weighted by Gasteiger charge is 2.01. The second-order valence-corrected chi connectivity index (χ2v) is 3.57. The number of benzene rings is 1. The zero-order valence-electron chi connectivity index (χ0n) is 7.95. The Morgan fingerprint density at radius 3 is 2.67 bits per heavy atom. The van der Waals surface area contributed by atoms with Crippen LogP contribution in [0.25, 0.3) is 0 Å². The molecule has 0 aliphatic carbocycles. The van der Waals surface area contributed by atoms with Crippen LogP contribution in [-0.2, 0) is 6.54 Å². The van der Waals surface area contributed by atoms with E-state index in [2.05, 4.69) is 5.43 Å². The van der Waals surface area contributed by atoms with Crippen molar-refractivity contribution in [2.24, 2.45) is 0 Å². The third kappa shape index (κ3) is 2.50. The fourth-order valence-corrected chi connectivity index (χ4v) is 1.52. The summed E-state index contributed by atoms with van der Waals surface area (Å²) in [5.74, 6) is -0.315. The number of nitrogens with one attached hydrogen (secondary N) is 1. The largest absolute Gasteiger partial charge is 0.322 e. The van der Waals surface area contributed by atoms with Crippen LogP contribution in [0.5, 0.6) is 0 Å². The van der Waals surface area contributed by atoms with Crippen LogP contribution in [0.2, 0.25) is 5.02 Å². The minimum Gasteiger partial charge on any atom is -0.322 e. The molecule has 2 rings (SSSR count). The third-order valence-corrected chi connectivity index (χ3v) is 2.42. The Balaban J connectivity index is 2.05. The standard InChI is InChI=1S/C11H10ClFN2/c12-11-7-10(13)4-3-9(11)8-14-15-5-1-2-6-15/h1-7,14H,8H2. The first-order chi connectivity index (χ1) is 7.25. The van der Waals surface area contributed by atoms with Crippen molar-refractivity contribution in [3.63, 3.8) is 0 Å². The van der Waals surface area contributed by atoms with E-state index in [4.69, 9.17) is 11.6 Å². The quantitative estimate of drug-likeness (QED) is 0.848. The van der Waals surface area contributed by atoms with Gasteiger partial charge in [0.25, 0.3) is 0 Å². The summed E-state index contributed by atoms with van der Waals surface area (Å²) in [5.41, 5.74) is 3.98. The Morgan fingerprint density at radius 2 is 2.00 bits per heavy atom. The summed E-state index contributed by atoms with van der Waals surface area (Å²) >= 11 is 5.88. The van der Waals surface area contributed by atoms with E-state index in [0.717, 1.165) is 5.56 Å². The van der Waals surface area contributed by atoms with Crippen LogP contribution in [0.4, 0.5) is 4.39 Å². The van der Waals surface area contributed by atoms with Crippen molar-refractivity contribution in [2.45, 2.75) is 6.54 Å². The summed E-state index contributed by atoms with van der Waals surface area (Å²) in [6.45, 7) is 0.563. The van der Waals surface area contributed by atoms with E-state index < -0.39 is 0 Å². The molecule has 4 heteroatoms. The second-order valence-electron chi connectivity index (χ2n) is 3.16. The van der Waals surface area contributed by atoms with Crippen LogP contribution in [0.1, 0.15) is 5.56 Å². The zero-order valence-corrected chi connectivity index (χ0v) is 8.71. The van der Waals surface area contributed by atoms with Crippen molar-refractivity contribution >= 4 is 11.6 Å². The van der Waals surface area contributed by atoms with Crippen LogP contribution < -0.4 is 5.43 Å². The number of rotatable bonds is 3. The zero-order chi connectivity index (χ0) is 10.7. The molecule has 0 aliphatic rings. The lowest BCUT2D eigenvalue weighted by atomic mass is 10.2. The average molecular weight is 225 g/mol. The first kappa shape index (κ1) is 10.1. The van der Waals surface area contributed by atoms with E-state index in [1.807, 2.05) is 29.2 Å². The topological polar surface area (TPSA) is 17.0 Å². The molecule has 0 saturated heterocycles. The van der Waals surface area contributed by atoms with Gasteiger partial charge < -0.3 is 5.43 Å². The van der Waals surface area contributed by atoms with Gasteiger partial charge in [0.05, 0.1) is 6.54 Å². The molecule has 0 atom stereocenters. The molecular weight excluding hydrogens is 215 g/mol. The lowest BCUT2D eigenvalue weighted by Crippen LogP contribution is -2.12. The summed E-state index contributed by atoms with van der Waals surface area (Å²) in [4.78, 5) is 0. The number of nitrogens with zero attached hydrogens (tertiary/aromatic N) is 1. The van der Waals surface area contributed by atoms with E-state index in [0.29, 0.717) is 11.6 Å². The van der Waals surface area contributed by atoms with Crippen LogP contribution in [-0.4, -0.2) is 4.68 Å². The molecule has 1 N–H and O–H groups in total. The summed E-state index contributed by atoms with van der Waals surface area (Å²) in [7, 11) is 0. The third-order valence-electron chi connectivity index (χ3n) is 2.07. The molecule has 0 fully saturated rings. The smallest absolute Gasteiger partial charge is 0.124 e. The lowest BCUT2D eigenvalue weighted by molar-refractivity contribution is 0.627. The normalized spacial score (nSPS) is 10.3. The molecule has 0 spiro atoms. The van der Waals surface area contributed by atoms with E-state index in [-0.39, 0.29) is 5.82 Å². The number of halogens is 2. The fraction of sp³-hybridized carbons (Fsp3) is 0.0909. The molecule has 0 unspecified atom stereocenters.